The van der Waals surface area contributed by atoms with E-state index in [9.17, 15) is 4.79 Å². The molecule has 2 aromatic rings. The van der Waals surface area contributed by atoms with E-state index in [1.807, 2.05) is 18.2 Å². The number of anilines is 1. The van der Waals surface area contributed by atoms with E-state index in [0.717, 1.165) is 5.56 Å². The van der Waals surface area contributed by atoms with Crippen molar-refractivity contribution in [2.24, 2.45) is 0 Å². The zero-order chi connectivity index (χ0) is 18.9. The number of aromatic nitrogens is 1. The molecule has 0 saturated carbocycles. The topological polar surface area (TPSA) is 72.9 Å². The lowest BCUT2D eigenvalue weighted by molar-refractivity contribution is 0.0646. The van der Waals surface area contributed by atoms with Gasteiger partial charge in [-0.25, -0.2) is 4.79 Å². The van der Waals surface area contributed by atoms with Crippen LogP contribution in [0.3, 0.4) is 0 Å². The normalized spacial score (nSPS) is 10.3. The third-order valence-corrected chi connectivity index (χ3v) is 3.62. The summed E-state index contributed by atoms with van der Waals surface area (Å²) in [6.45, 7) is 4.10. The van der Waals surface area contributed by atoms with E-state index >= 15 is 0 Å². The van der Waals surface area contributed by atoms with E-state index in [1.54, 1.807) is 18.2 Å². The van der Waals surface area contributed by atoms with Gasteiger partial charge in [0.05, 0.1) is 29.2 Å². The quantitative estimate of drug-likeness (QED) is 0.559. The Labute approximate surface area is 157 Å². The second kappa shape index (κ2) is 9.76. The van der Waals surface area contributed by atoms with Gasteiger partial charge in [-0.2, -0.15) is 0 Å². The largest absolute Gasteiger partial charge is 0.452 e. The lowest BCUT2D eigenvalue weighted by atomic mass is 10.2. The van der Waals surface area contributed by atoms with Gasteiger partial charge in [-0.1, -0.05) is 36.4 Å². The molecule has 0 aliphatic rings. The number of nitrogens with one attached hydrogen (secondary N) is 1. The second-order valence-corrected chi connectivity index (χ2v) is 5.61. The monoisotopic (exact) mass is 377 g/mol. The van der Waals surface area contributed by atoms with Crippen molar-refractivity contribution in [1.29, 1.82) is 0 Å². The standard InChI is InChI=1S/C18H20ClN3O4/c1-13(16-9-8-15(19)10-20-16)21-26-11-14-6-4-5-7-17(14)22(12-24-2)18(23)25-3/h4-10,21H,1,11-12H2,2-3H3. The van der Waals surface area contributed by atoms with Gasteiger partial charge < -0.3 is 9.47 Å². The second-order valence-electron chi connectivity index (χ2n) is 5.18. The van der Waals surface area contributed by atoms with Crippen LogP contribution in [0.15, 0.2) is 49.2 Å². The van der Waals surface area contributed by atoms with E-state index in [0.29, 0.717) is 22.1 Å². The molecule has 0 spiro atoms. The smallest absolute Gasteiger partial charge is 0.415 e. The first-order valence-corrected chi connectivity index (χ1v) is 8.05. The third-order valence-electron chi connectivity index (χ3n) is 3.40. The van der Waals surface area contributed by atoms with Crippen molar-refractivity contribution in [2.45, 2.75) is 6.61 Å². The first-order chi connectivity index (χ1) is 12.6. The van der Waals surface area contributed by atoms with Gasteiger partial charge in [0.25, 0.3) is 0 Å². The molecule has 138 valence electrons. The predicted molar refractivity (Wildman–Crippen MR) is 99.4 cm³/mol. The number of para-hydroxylation sites is 1. The molecule has 1 amide bonds. The Bertz CT molecular complexity index is 752. The van der Waals surface area contributed by atoms with Gasteiger partial charge >= 0.3 is 6.09 Å². The molecule has 0 bridgehead atoms. The Kier molecular flexibility index (Phi) is 7.40. The van der Waals surface area contributed by atoms with Crippen LogP contribution in [0, 0.1) is 0 Å². The van der Waals surface area contributed by atoms with Crippen LogP contribution in [-0.4, -0.2) is 32.0 Å². The number of pyridine rings is 1. The molecular weight excluding hydrogens is 358 g/mol. The molecule has 8 heteroatoms. The average molecular weight is 378 g/mol. The van der Waals surface area contributed by atoms with Gasteiger partial charge in [0.1, 0.15) is 13.3 Å². The molecule has 0 aliphatic carbocycles. The number of ether oxygens (including phenoxy) is 2. The number of amides is 1. The maximum absolute atomic E-state index is 12.0. The van der Waals surface area contributed by atoms with Gasteiger partial charge in [-0.05, 0) is 18.2 Å². The van der Waals surface area contributed by atoms with Crippen LogP contribution in [0.2, 0.25) is 5.02 Å². The maximum Gasteiger partial charge on any atom is 0.415 e. The van der Waals surface area contributed by atoms with Crippen molar-refractivity contribution < 1.29 is 19.1 Å². The fourth-order valence-corrected chi connectivity index (χ4v) is 2.28. The minimum atomic E-state index is -0.526. The Morgan fingerprint density at radius 3 is 2.69 bits per heavy atom. The molecule has 0 unspecified atom stereocenters. The average Bonchev–Trinajstić information content (AvgIpc) is 2.66. The van der Waals surface area contributed by atoms with Crippen LogP contribution in [0.25, 0.3) is 5.70 Å². The Morgan fingerprint density at radius 2 is 2.04 bits per heavy atom. The van der Waals surface area contributed by atoms with Crippen molar-refractivity contribution in [2.75, 3.05) is 25.9 Å². The Balaban J connectivity index is 2.04. The van der Waals surface area contributed by atoms with Crippen molar-refractivity contribution in [3.8, 4) is 0 Å². The summed E-state index contributed by atoms with van der Waals surface area (Å²) in [4.78, 5) is 23.0. The van der Waals surface area contributed by atoms with Crippen molar-refractivity contribution >= 4 is 29.1 Å². The zero-order valence-corrected chi connectivity index (χ0v) is 15.3. The number of hydrogen-bond acceptors (Lipinski definition) is 6. The minimum absolute atomic E-state index is 0.0541. The van der Waals surface area contributed by atoms with E-state index in [2.05, 4.69) is 17.0 Å². The molecule has 0 atom stereocenters. The van der Waals surface area contributed by atoms with E-state index in [4.69, 9.17) is 25.9 Å². The number of carbonyl (C=O) groups is 1. The van der Waals surface area contributed by atoms with Crippen LogP contribution in [0.4, 0.5) is 10.5 Å². The number of carbonyl (C=O) groups excluding carboxylic acids is 1. The van der Waals surface area contributed by atoms with Gasteiger partial charge in [0, 0.05) is 18.9 Å². The molecular formula is C18H20ClN3O4. The number of rotatable bonds is 8. The lowest BCUT2D eigenvalue weighted by Crippen LogP contribution is -2.33. The SMILES string of the molecule is C=C(NOCc1ccccc1N(COC)C(=O)OC)c1ccc(Cl)cn1. The van der Waals surface area contributed by atoms with Gasteiger partial charge in [-0.3, -0.25) is 20.2 Å². The van der Waals surface area contributed by atoms with Gasteiger partial charge in [0.2, 0.25) is 0 Å². The van der Waals surface area contributed by atoms with Gasteiger partial charge in [0.15, 0.2) is 0 Å². The summed E-state index contributed by atoms with van der Waals surface area (Å²) in [6.07, 6.45) is 1.000. The number of benzene rings is 1. The molecule has 1 aromatic heterocycles. The van der Waals surface area contributed by atoms with E-state index < -0.39 is 6.09 Å². The number of nitrogens with zero attached hydrogens (tertiary/aromatic N) is 2. The highest BCUT2D eigenvalue weighted by atomic mass is 35.5. The van der Waals surface area contributed by atoms with E-state index in [-0.39, 0.29) is 13.3 Å². The van der Waals surface area contributed by atoms with Crippen molar-refractivity contribution in [1.82, 2.24) is 10.5 Å². The number of halogens is 1. The third kappa shape index (κ3) is 5.19. The van der Waals surface area contributed by atoms with Crippen molar-refractivity contribution in [3.63, 3.8) is 0 Å². The van der Waals surface area contributed by atoms with Crippen LogP contribution in [0.5, 0.6) is 0 Å². The summed E-state index contributed by atoms with van der Waals surface area (Å²) in [6, 6.07) is 10.7. The minimum Gasteiger partial charge on any atom is -0.452 e. The van der Waals surface area contributed by atoms with Crippen LogP contribution < -0.4 is 10.4 Å². The molecule has 0 radical (unpaired) electrons. The lowest BCUT2D eigenvalue weighted by Gasteiger charge is -2.23. The summed E-state index contributed by atoms with van der Waals surface area (Å²) in [7, 11) is 2.81. The first-order valence-electron chi connectivity index (χ1n) is 7.67. The fourth-order valence-electron chi connectivity index (χ4n) is 2.16. The molecule has 2 rings (SSSR count). The molecule has 0 saturated heterocycles. The summed E-state index contributed by atoms with van der Waals surface area (Å²) in [5.41, 5.74) is 5.23. The molecule has 7 nitrogen and oxygen atoms in total. The number of hydroxylamine groups is 1. The van der Waals surface area contributed by atoms with Gasteiger partial charge in [-0.15, -0.1) is 0 Å². The number of hydrogen-bond donors (Lipinski definition) is 1. The van der Waals surface area contributed by atoms with E-state index in [1.165, 1.54) is 25.3 Å². The van der Waals surface area contributed by atoms with Crippen molar-refractivity contribution in [3.05, 3.63) is 65.5 Å². The summed E-state index contributed by atoms with van der Waals surface area (Å²) in [5.74, 6) is 0. The molecule has 0 aliphatic heterocycles. The van der Waals surface area contributed by atoms with Crippen LogP contribution in [-0.2, 0) is 20.9 Å². The maximum atomic E-state index is 12.0. The molecule has 1 aromatic carbocycles. The van der Waals surface area contributed by atoms with Crippen LogP contribution >= 0.6 is 11.6 Å². The Hall–Kier alpha value is -2.61. The van der Waals surface area contributed by atoms with Crippen LogP contribution in [0.1, 0.15) is 11.3 Å². The molecule has 0 fully saturated rings. The first kappa shape index (κ1) is 19.7. The predicted octanol–water partition coefficient (Wildman–Crippen LogP) is 3.60. The highest BCUT2D eigenvalue weighted by molar-refractivity contribution is 6.30. The fraction of sp³-hybridized carbons (Fsp3) is 0.222. The highest BCUT2D eigenvalue weighted by Gasteiger charge is 2.19. The molecule has 1 N–H and O–H groups in total. The summed E-state index contributed by atoms with van der Waals surface area (Å²) >= 11 is 5.81. The summed E-state index contributed by atoms with van der Waals surface area (Å²) in [5, 5.41) is 0.539. The highest BCUT2D eigenvalue weighted by Crippen LogP contribution is 2.22. The molecule has 1 heterocycles. The zero-order valence-electron chi connectivity index (χ0n) is 14.6. The molecule has 26 heavy (non-hydrogen) atoms. The summed E-state index contributed by atoms with van der Waals surface area (Å²) < 4.78 is 9.88. The Morgan fingerprint density at radius 1 is 1.27 bits per heavy atom. The number of methoxy groups -OCH3 is 2.